The highest BCUT2D eigenvalue weighted by atomic mass is 16.6. The number of benzene rings is 1. The Kier molecular flexibility index (Phi) is 7.04. The molecule has 0 radical (unpaired) electrons. The fourth-order valence-corrected chi connectivity index (χ4v) is 3.02. The molecule has 1 heterocycles. The van der Waals surface area contributed by atoms with Crippen LogP contribution in [-0.4, -0.2) is 38.5 Å². The van der Waals surface area contributed by atoms with Crippen LogP contribution in [0.15, 0.2) is 35.0 Å². The van der Waals surface area contributed by atoms with Crippen molar-refractivity contribution in [2.45, 2.75) is 40.5 Å². The molecule has 0 N–H and O–H groups in total. The average molecular weight is 343 g/mol. The zero-order chi connectivity index (χ0) is 18.2. The minimum atomic E-state index is -0.279. The first-order valence-electron chi connectivity index (χ1n) is 9.10. The van der Waals surface area contributed by atoms with Gasteiger partial charge in [0.1, 0.15) is 0 Å². The molecule has 0 aromatic heterocycles. The third kappa shape index (κ3) is 4.62. The van der Waals surface area contributed by atoms with Gasteiger partial charge in [-0.05, 0) is 51.3 Å². The highest BCUT2D eigenvalue weighted by Gasteiger charge is 2.23. The maximum Gasteiger partial charge on any atom is 0.414 e. The van der Waals surface area contributed by atoms with Crippen LogP contribution in [0.4, 0.5) is 16.2 Å². The van der Waals surface area contributed by atoms with Crippen LogP contribution in [0.2, 0.25) is 0 Å². The highest BCUT2D eigenvalue weighted by Crippen LogP contribution is 2.33. The van der Waals surface area contributed by atoms with E-state index < -0.39 is 0 Å². The Bertz CT molecular complexity index is 652. The molecular weight excluding hydrogens is 314 g/mol. The summed E-state index contributed by atoms with van der Waals surface area (Å²) in [6, 6.07) is 6.24. The average Bonchev–Trinajstić information content (AvgIpc) is 3.02. The monoisotopic (exact) mass is 343 g/mol. The molecule has 2 rings (SSSR count). The van der Waals surface area contributed by atoms with Crippen molar-refractivity contribution in [1.29, 1.82) is 0 Å². The Hall–Kier alpha value is -2.30. The van der Waals surface area contributed by atoms with Crippen molar-refractivity contribution in [3.8, 4) is 0 Å². The molecule has 0 aliphatic carbocycles. The van der Waals surface area contributed by atoms with E-state index in [1.807, 2.05) is 46.1 Å². The van der Waals surface area contributed by atoms with E-state index in [9.17, 15) is 4.79 Å². The number of aliphatic imine (C=N–C) groups is 1. The molecule has 136 valence electrons. The molecule has 0 bridgehead atoms. The van der Waals surface area contributed by atoms with Crippen molar-refractivity contribution < 1.29 is 9.53 Å². The number of carbonyl (C=O) groups is 1. The quantitative estimate of drug-likeness (QED) is 0.689. The number of ether oxygens (including phenoxy) is 1. The number of rotatable bonds is 7. The van der Waals surface area contributed by atoms with Gasteiger partial charge in [0.2, 0.25) is 0 Å². The van der Waals surface area contributed by atoms with E-state index in [2.05, 4.69) is 22.0 Å². The number of allylic oxidation sites excluding steroid dienone is 1. The number of anilines is 2. The van der Waals surface area contributed by atoms with Crippen LogP contribution in [0.3, 0.4) is 0 Å². The van der Waals surface area contributed by atoms with Gasteiger partial charge in [-0.1, -0.05) is 19.1 Å². The predicted octanol–water partition coefficient (Wildman–Crippen LogP) is 4.42. The first kappa shape index (κ1) is 19.0. The summed E-state index contributed by atoms with van der Waals surface area (Å²) < 4.78 is 5.30. The van der Waals surface area contributed by atoms with Crippen LogP contribution in [0.1, 0.15) is 39.7 Å². The van der Waals surface area contributed by atoms with Crippen molar-refractivity contribution in [2.24, 2.45) is 4.99 Å². The second-order valence-corrected chi connectivity index (χ2v) is 6.01. The Morgan fingerprint density at radius 3 is 2.80 bits per heavy atom. The molecule has 5 heteroatoms. The van der Waals surface area contributed by atoms with Crippen LogP contribution in [-0.2, 0) is 11.2 Å². The van der Waals surface area contributed by atoms with Gasteiger partial charge in [0.05, 0.1) is 18.8 Å². The molecule has 0 unspecified atom stereocenters. The Morgan fingerprint density at radius 1 is 1.36 bits per heavy atom. The van der Waals surface area contributed by atoms with Gasteiger partial charge in [-0.25, -0.2) is 4.79 Å². The van der Waals surface area contributed by atoms with E-state index >= 15 is 0 Å². The molecule has 0 saturated heterocycles. The molecule has 0 atom stereocenters. The highest BCUT2D eigenvalue weighted by molar-refractivity contribution is 5.88. The van der Waals surface area contributed by atoms with E-state index in [1.54, 1.807) is 4.90 Å². The summed E-state index contributed by atoms with van der Waals surface area (Å²) in [4.78, 5) is 20.7. The summed E-state index contributed by atoms with van der Waals surface area (Å²) >= 11 is 0. The van der Waals surface area contributed by atoms with E-state index in [-0.39, 0.29) is 6.09 Å². The van der Waals surface area contributed by atoms with Crippen molar-refractivity contribution in [3.05, 3.63) is 35.5 Å². The van der Waals surface area contributed by atoms with Gasteiger partial charge in [0.25, 0.3) is 0 Å². The normalized spacial score (nSPS) is 14.1. The maximum atomic E-state index is 12.3. The molecule has 1 aromatic rings. The third-order valence-corrected chi connectivity index (χ3v) is 4.32. The summed E-state index contributed by atoms with van der Waals surface area (Å²) in [5.74, 6) is 0. The molecule has 1 aromatic carbocycles. The number of hydrogen-bond donors (Lipinski definition) is 0. The number of carbonyl (C=O) groups excluding carboxylic acids is 1. The van der Waals surface area contributed by atoms with Gasteiger partial charge in [-0.3, -0.25) is 9.89 Å². The lowest BCUT2D eigenvalue weighted by atomic mass is 10.1. The van der Waals surface area contributed by atoms with Crippen molar-refractivity contribution in [1.82, 2.24) is 0 Å². The SMILES string of the molecule is CC=N/C(=C\C)CN1CCc2ccc(N(CC)C(=O)OCCC)cc21. The van der Waals surface area contributed by atoms with E-state index in [4.69, 9.17) is 4.74 Å². The summed E-state index contributed by atoms with van der Waals surface area (Å²) in [6.07, 6.45) is 5.44. The van der Waals surface area contributed by atoms with Crippen molar-refractivity contribution >= 4 is 23.7 Å². The number of fused-ring (bicyclic) bond motifs is 1. The zero-order valence-corrected chi connectivity index (χ0v) is 15.8. The van der Waals surface area contributed by atoms with Gasteiger partial charge in [0, 0.05) is 30.7 Å². The first-order chi connectivity index (χ1) is 12.1. The standard InChI is InChI=1S/C20H29N3O2/c1-5-13-25-20(24)23(8-4)18-10-9-16-11-12-22(19(16)14-18)15-17(6-2)21-7-3/h6-7,9-10,14H,5,8,11-13,15H2,1-4H3/b17-6-,21-7?. The molecule has 5 nitrogen and oxygen atoms in total. The fraction of sp³-hybridized carbons (Fsp3) is 0.500. The lowest BCUT2D eigenvalue weighted by Gasteiger charge is -2.24. The maximum absolute atomic E-state index is 12.3. The van der Waals surface area contributed by atoms with Gasteiger partial charge in [0.15, 0.2) is 0 Å². The second kappa shape index (κ2) is 9.25. The van der Waals surface area contributed by atoms with E-state index in [0.717, 1.165) is 37.3 Å². The van der Waals surface area contributed by atoms with Gasteiger partial charge in [-0.2, -0.15) is 0 Å². The number of hydrogen-bond acceptors (Lipinski definition) is 4. The Morgan fingerprint density at radius 2 is 2.16 bits per heavy atom. The fourth-order valence-electron chi connectivity index (χ4n) is 3.02. The van der Waals surface area contributed by atoms with Crippen LogP contribution < -0.4 is 9.80 Å². The van der Waals surface area contributed by atoms with E-state index in [0.29, 0.717) is 13.2 Å². The molecule has 1 aliphatic rings. The largest absolute Gasteiger partial charge is 0.449 e. The minimum Gasteiger partial charge on any atom is -0.449 e. The second-order valence-electron chi connectivity index (χ2n) is 6.01. The third-order valence-electron chi connectivity index (χ3n) is 4.32. The molecule has 1 aliphatic heterocycles. The molecule has 0 spiro atoms. The van der Waals surface area contributed by atoms with Gasteiger partial charge in [-0.15, -0.1) is 0 Å². The Balaban J connectivity index is 2.22. The number of nitrogens with zero attached hydrogens (tertiary/aromatic N) is 3. The summed E-state index contributed by atoms with van der Waals surface area (Å²) in [7, 11) is 0. The lowest BCUT2D eigenvalue weighted by molar-refractivity contribution is 0.154. The van der Waals surface area contributed by atoms with Crippen LogP contribution >= 0.6 is 0 Å². The smallest absolute Gasteiger partial charge is 0.414 e. The summed E-state index contributed by atoms with van der Waals surface area (Å²) in [5.41, 5.74) is 4.44. The summed E-state index contributed by atoms with van der Waals surface area (Å²) in [5, 5.41) is 0. The first-order valence-corrected chi connectivity index (χ1v) is 9.10. The van der Waals surface area contributed by atoms with Gasteiger partial charge < -0.3 is 9.64 Å². The molecule has 0 fully saturated rings. The van der Waals surface area contributed by atoms with Crippen molar-refractivity contribution in [3.63, 3.8) is 0 Å². The lowest BCUT2D eigenvalue weighted by Crippen LogP contribution is -2.31. The predicted molar refractivity (Wildman–Crippen MR) is 105 cm³/mol. The van der Waals surface area contributed by atoms with Gasteiger partial charge >= 0.3 is 6.09 Å². The molecule has 0 saturated carbocycles. The number of amides is 1. The minimum absolute atomic E-state index is 0.279. The van der Waals surface area contributed by atoms with Crippen LogP contribution in [0, 0.1) is 0 Å². The van der Waals surface area contributed by atoms with E-state index in [1.165, 1.54) is 11.3 Å². The molecule has 1 amide bonds. The zero-order valence-electron chi connectivity index (χ0n) is 15.8. The summed E-state index contributed by atoms with van der Waals surface area (Å²) in [6.45, 7) is 10.7. The molecule has 25 heavy (non-hydrogen) atoms. The topological polar surface area (TPSA) is 45.1 Å². The Labute approximate surface area is 151 Å². The van der Waals surface area contributed by atoms with Crippen LogP contribution in [0.25, 0.3) is 0 Å². The van der Waals surface area contributed by atoms with Crippen LogP contribution in [0.5, 0.6) is 0 Å². The molecular formula is C20H29N3O2. The van der Waals surface area contributed by atoms with Crippen molar-refractivity contribution in [2.75, 3.05) is 36.0 Å².